The van der Waals surface area contributed by atoms with Gasteiger partial charge in [0.25, 0.3) is 0 Å². The number of carbonyl (C=O) groups is 4. The fraction of sp³-hybridized carbons (Fsp3) is 0.864. The molecule has 1 amide bonds. The Morgan fingerprint density at radius 1 is 0.904 bits per heavy atom. The molecule has 292 valence electrons. The van der Waals surface area contributed by atoms with Gasteiger partial charge >= 0.3 is 11.9 Å². The van der Waals surface area contributed by atoms with E-state index in [2.05, 4.69) is 48.5 Å². The Balaban J connectivity index is 1.29. The number of esters is 1. The van der Waals surface area contributed by atoms with Gasteiger partial charge in [0, 0.05) is 37.3 Å². The molecule has 5 fully saturated rings. The fourth-order valence-electron chi connectivity index (χ4n) is 13.6. The van der Waals surface area contributed by atoms with Gasteiger partial charge in [0.2, 0.25) is 5.91 Å². The number of nitrogens with zero attached hydrogens (tertiary/aromatic N) is 1. The van der Waals surface area contributed by atoms with E-state index in [4.69, 9.17) is 4.74 Å². The summed E-state index contributed by atoms with van der Waals surface area (Å²) in [6.07, 6.45) is 10.3. The van der Waals surface area contributed by atoms with Crippen LogP contribution in [-0.2, 0) is 23.9 Å². The molecule has 0 aromatic heterocycles. The lowest BCUT2D eigenvalue weighted by Gasteiger charge is -2.72. The Bertz CT molecular complexity index is 1510. The maximum atomic E-state index is 14.1. The van der Waals surface area contributed by atoms with Gasteiger partial charge in [-0.25, -0.2) is 0 Å². The van der Waals surface area contributed by atoms with Crippen molar-refractivity contribution in [2.45, 2.75) is 165 Å². The molecule has 6 rings (SSSR count). The van der Waals surface area contributed by atoms with Crippen LogP contribution >= 0.6 is 0 Å². The first-order chi connectivity index (χ1) is 24.0. The predicted molar refractivity (Wildman–Crippen MR) is 201 cm³/mol. The minimum atomic E-state index is -1.17. The number of Topliss-reactive ketones (excluding diaryl/α,β-unsaturated/α-hetero) is 1. The van der Waals surface area contributed by atoms with Crippen LogP contribution in [0.5, 0.6) is 0 Å². The van der Waals surface area contributed by atoms with Crippen LogP contribution in [0.25, 0.3) is 0 Å². The van der Waals surface area contributed by atoms with Gasteiger partial charge in [0.1, 0.15) is 6.10 Å². The molecule has 0 radical (unpaired) electrons. The van der Waals surface area contributed by atoms with Gasteiger partial charge in [0.15, 0.2) is 5.78 Å². The summed E-state index contributed by atoms with van der Waals surface area (Å²) < 4.78 is 6.16. The number of allylic oxidation sites excluding steroid dienone is 1. The monoisotopic (exact) mass is 724 g/mol. The summed E-state index contributed by atoms with van der Waals surface area (Å²) in [7, 11) is 0. The highest BCUT2D eigenvalue weighted by molar-refractivity contribution is 6.00. The number of ketones is 1. The normalized spacial score (nSPS) is 39.1. The quantitative estimate of drug-likeness (QED) is 0.217. The van der Waals surface area contributed by atoms with Crippen LogP contribution in [0.15, 0.2) is 11.1 Å². The minimum absolute atomic E-state index is 0.0106. The molecule has 0 spiro atoms. The van der Waals surface area contributed by atoms with Crippen molar-refractivity contribution in [3.63, 3.8) is 0 Å². The third-order valence-corrected chi connectivity index (χ3v) is 17.0. The Morgan fingerprint density at radius 2 is 1.58 bits per heavy atom. The fourth-order valence-corrected chi connectivity index (χ4v) is 13.6. The van der Waals surface area contributed by atoms with Crippen LogP contribution in [0.2, 0.25) is 0 Å². The summed E-state index contributed by atoms with van der Waals surface area (Å²) in [5, 5.41) is 21.9. The van der Waals surface area contributed by atoms with Crippen molar-refractivity contribution in [3.8, 4) is 0 Å². The first-order valence-corrected chi connectivity index (χ1v) is 20.7. The van der Waals surface area contributed by atoms with Crippen molar-refractivity contribution in [1.29, 1.82) is 0 Å². The largest absolute Gasteiger partial charge is 0.481 e. The number of aliphatic carboxylic acids is 1. The predicted octanol–water partition coefficient (Wildman–Crippen LogP) is 8.39. The molecule has 5 saturated carbocycles. The number of aliphatic hydroxyl groups is 1. The highest BCUT2D eigenvalue weighted by Gasteiger charge is 2.71. The lowest BCUT2D eigenvalue weighted by atomic mass is 9.33. The summed E-state index contributed by atoms with van der Waals surface area (Å²) in [5.41, 5.74) is 0.191. The van der Waals surface area contributed by atoms with Gasteiger partial charge < -0.3 is 19.8 Å². The molecule has 8 heteroatoms. The van der Waals surface area contributed by atoms with Crippen LogP contribution in [-0.4, -0.2) is 64.0 Å². The number of aliphatic hydroxyl groups excluding tert-OH is 1. The van der Waals surface area contributed by atoms with Gasteiger partial charge in [-0.05, 0) is 129 Å². The first-order valence-electron chi connectivity index (χ1n) is 20.7. The molecule has 9 unspecified atom stereocenters. The lowest BCUT2D eigenvalue weighted by Crippen LogP contribution is -2.66. The number of carboxylic acids is 1. The van der Waals surface area contributed by atoms with E-state index in [0.717, 1.165) is 69.8 Å². The Kier molecular flexibility index (Phi) is 10.0. The summed E-state index contributed by atoms with van der Waals surface area (Å²) in [5.74, 6) is 0.414. The molecular weight excluding hydrogens is 654 g/mol. The van der Waals surface area contributed by atoms with Crippen molar-refractivity contribution in [2.24, 2.45) is 62.1 Å². The molecule has 0 aliphatic heterocycles. The van der Waals surface area contributed by atoms with E-state index in [9.17, 15) is 29.4 Å². The van der Waals surface area contributed by atoms with Crippen LogP contribution < -0.4 is 0 Å². The second-order valence-electron chi connectivity index (χ2n) is 20.8. The molecule has 0 aromatic rings. The molecule has 52 heavy (non-hydrogen) atoms. The van der Waals surface area contributed by atoms with E-state index in [-0.39, 0.29) is 57.7 Å². The minimum Gasteiger partial charge on any atom is -0.481 e. The van der Waals surface area contributed by atoms with E-state index >= 15 is 0 Å². The topological polar surface area (TPSA) is 121 Å². The van der Waals surface area contributed by atoms with E-state index in [1.807, 2.05) is 4.90 Å². The molecule has 0 saturated heterocycles. The third-order valence-electron chi connectivity index (χ3n) is 17.0. The molecule has 6 aliphatic carbocycles. The third kappa shape index (κ3) is 5.93. The van der Waals surface area contributed by atoms with Gasteiger partial charge in [-0.15, -0.1) is 0 Å². The van der Waals surface area contributed by atoms with Crippen LogP contribution in [0.1, 0.15) is 153 Å². The first kappa shape index (κ1) is 39.5. The highest BCUT2D eigenvalue weighted by Crippen LogP contribution is 2.77. The number of amides is 1. The molecule has 0 aromatic carbocycles. The summed E-state index contributed by atoms with van der Waals surface area (Å²) in [6.45, 7) is 22.1. The molecule has 2 N–H and O–H groups in total. The summed E-state index contributed by atoms with van der Waals surface area (Å²) in [6, 6.07) is 0. The number of carboxylic acid groups (broad SMARTS) is 1. The van der Waals surface area contributed by atoms with Crippen LogP contribution in [0.4, 0.5) is 0 Å². The average molecular weight is 724 g/mol. The molecular formula is C44H69NO7. The number of hydrogen-bond donors (Lipinski definition) is 2. The van der Waals surface area contributed by atoms with Crippen molar-refractivity contribution in [2.75, 3.05) is 13.1 Å². The van der Waals surface area contributed by atoms with Crippen molar-refractivity contribution >= 4 is 23.6 Å². The van der Waals surface area contributed by atoms with Crippen molar-refractivity contribution in [1.82, 2.24) is 4.90 Å². The van der Waals surface area contributed by atoms with Crippen molar-refractivity contribution in [3.05, 3.63) is 11.1 Å². The zero-order valence-electron chi connectivity index (χ0n) is 34.0. The van der Waals surface area contributed by atoms with Crippen LogP contribution in [0.3, 0.4) is 0 Å². The maximum absolute atomic E-state index is 14.1. The van der Waals surface area contributed by atoms with E-state index in [0.29, 0.717) is 37.3 Å². The number of ether oxygens (including phenoxy) is 1. The molecule has 0 heterocycles. The SMILES string of the molecule is CC(=O)N(CC1CCC1)CC(O)C12CCC3(C)C(CCC4C5(C)CCC(OC(=O)CC(C)(C)C(=O)O)C(C)(C)C5CCC43C)C1=C(C(C)C)C(=O)C2. The summed E-state index contributed by atoms with van der Waals surface area (Å²) in [4.78, 5) is 53.7. The molecule has 6 aliphatic rings. The summed E-state index contributed by atoms with van der Waals surface area (Å²) >= 11 is 0. The standard InChI is InChI=1S/C44H69NO7/c1-26(2)36-30(47)22-44(33(48)25-45(27(3)46)24-28-12-11-13-28)21-20-42(9)29(37(36)44)14-15-32-41(8)18-17-34(52-35(49)23-39(4,5)38(50)51)40(6,7)31(41)16-19-43(32,42)10/h26,28-29,31-34,48H,11-25H2,1-10H3,(H,50,51). The highest BCUT2D eigenvalue weighted by atomic mass is 16.5. The van der Waals surface area contributed by atoms with Crippen molar-refractivity contribution < 1.29 is 34.1 Å². The zero-order chi connectivity index (χ0) is 38.4. The number of rotatable bonds is 10. The van der Waals surface area contributed by atoms with E-state index < -0.39 is 28.9 Å². The van der Waals surface area contributed by atoms with Gasteiger partial charge in [-0.3, -0.25) is 19.2 Å². The van der Waals surface area contributed by atoms with Gasteiger partial charge in [0.05, 0.1) is 17.9 Å². The average Bonchev–Trinajstić information content (AvgIpc) is 3.32. The lowest BCUT2D eigenvalue weighted by molar-refractivity contribution is -0.235. The second-order valence-corrected chi connectivity index (χ2v) is 20.8. The second kappa shape index (κ2) is 13.2. The van der Waals surface area contributed by atoms with Gasteiger partial charge in [-0.1, -0.05) is 60.5 Å². The zero-order valence-corrected chi connectivity index (χ0v) is 34.0. The van der Waals surface area contributed by atoms with Crippen LogP contribution in [0, 0.1) is 62.1 Å². The smallest absolute Gasteiger partial charge is 0.309 e. The van der Waals surface area contributed by atoms with E-state index in [1.54, 1.807) is 20.8 Å². The maximum Gasteiger partial charge on any atom is 0.309 e. The Labute approximate surface area is 313 Å². The van der Waals surface area contributed by atoms with Gasteiger partial charge in [-0.2, -0.15) is 0 Å². The Hall–Kier alpha value is -2.22. The number of carbonyl (C=O) groups excluding carboxylic acids is 3. The molecule has 9 atom stereocenters. The molecule has 8 nitrogen and oxygen atoms in total. The molecule has 0 bridgehead atoms. The number of hydrogen-bond acceptors (Lipinski definition) is 6. The Morgan fingerprint density at radius 3 is 2.15 bits per heavy atom. The van der Waals surface area contributed by atoms with E-state index in [1.165, 1.54) is 12.0 Å². The number of fused-ring (bicyclic) bond motifs is 7.